The summed E-state index contributed by atoms with van der Waals surface area (Å²) in [4.78, 5) is 21.5. The van der Waals surface area contributed by atoms with Crippen molar-refractivity contribution in [2.24, 2.45) is 5.92 Å². The average Bonchev–Trinajstić information content (AvgIpc) is 3.19. The van der Waals surface area contributed by atoms with Gasteiger partial charge in [0.05, 0.1) is 24.6 Å². The fourth-order valence-corrected chi connectivity index (χ4v) is 4.31. The fraction of sp³-hybridized carbons (Fsp3) is 0.500. The lowest BCUT2D eigenvalue weighted by atomic mass is 10.0. The Balaban J connectivity index is 1.43. The zero-order valence-electron chi connectivity index (χ0n) is 15.1. The molecule has 0 bridgehead atoms. The lowest BCUT2D eigenvalue weighted by Crippen LogP contribution is -2.44. The molecule has 0 unspecified atom stereocenters. The third-order valence-corrected chi connectivity index (χ3v) is 5.45. The van der Waals surface area contributed by atoms with E-state index in [0.717, 1.165) is 31.6 Å². The van der Waals surface area contributed by atoms with Gasteiger partial charge in [-0.05, 0) is 44.0 Å². The summed E-state index contributed by atoms with van der Waals surface area (Å²) in [5, 5.41) is 0. The molecule has 132 valence electrons. The number of hydrogen-bond acceptors (Lipinski definition) is 3. The summed E-state index contributed by atoms with van der Waals surface area (Å²) in [5.41, 5.74) is 3.98. The number of rotatable bonds is 4. The van der Waals surface area contributed by atoms with Crippen LogP contribution in [0.3, 0.4) is 0 Å². The highest BCUT2D eigenvalue weighted by atomic mass is 16.2. The van der Waals surface area contributed by atoms with Gasteiger partial charge in [0, 0.05) is 25.7 Å². The number of amides is 1. The number of imidazole rings is 1. The summed E-state index contributed by atoms with van der Waals surface area (Å²) >= 11 is 0. The van der Waals surface area contributed by atoms with Crippen molar-refractivity contribution in [3.05, 3.63) is 53.6 Å². The molecule has 5 heteroatoms. The standard InChI is InChI=1S/C20H26N4O/c1-22(2)11-19-13-23(12-18-10-21-14-24(18)19)20(25)9-15-7-16-5-3-4-6-17(16)8-15/h3-6,10,14-15,19H,7-9,11-13H2,1-2H3/t19-/m1/s1. The first kappa shape index (κ1) is 16.3. The largest absolute Gasteiger partial charge is 0.335 e. The van der Waals surface area contributed by atoms with Gasteiger partial charge in [-0.1, -0.05) is 24.3 Å². The summed E-state index contributed by atoms with van der Waals surface area (Å²) in [6.07, 6.45) is 6.52. The molecule has 4 rings (SSSR count). The highest BCUT2D eigenvalue weighted by molar-refractivity contribution is 5.76. The van der Waals surface area contributed by atoms with Crippen LogP contribution in [0.4, 0.5) is 0 Å². The van der Waals surface area contributed by atoms with E-state index in [1.165, 1.54) is 11.1 Å². The van der Waals surface area contributed by atoms with Crippen LogP contribution in [-0.4, -0.2) is 52.4 Å². The second kappa shape index (κ2) is 6.64. The first-order valence-corrected chi connectivity index (χ1v) is 9.10. The molecule has 0 radical (unpaired) electrons. The second-order valence-electron chi connectivity index (χ2n) is 7.73. The second-order valence-corrected chi connectivity index (χ2v) is 7.73. The summed E-state index contributed by atoms with van der Waals surface area (Å²) in [5.74, 6) is 0.734. The predicted octanol–water partition coefficient (Wildman–Crippen LogP) is 2.13. The van der Waals surface area contributed by atoms with E-state index < -0.39 is 0 Å². The Bertz CT molecular complexity index is 742. The predicted molar refractivity (Wildman–Crippen MR) is 97.2 cm³/mol. The van der Waals surface area contributed by atoms with E-state index in [4.69, 9.17) is 0 Å². The zero-order valence-corrected chi connectivity index (χ0v) is 15.1. The Kier molecular flexibility index (Phi) is 4.34. The van der Waals surface area contributed by atoms with E-state index in [-0.39, 0.29) is 11.9 Å². The van der Waals surface area contributed by atoms with Crippen LogP contribution in [0.25, 0.3) is 0 Å². The van der Waals surface area contributed by atoms with Crippen molar-refractivity contribution in [2.45, 2.75) is 31.8 Å². The van der Waals surface area contributed by atoms with Gasteiger partial charge in [0.25, 0.3) is 0 Å². The van der Waals surface area contributed by atoms with E-state index in [9.17, 15) is 4.79 Å². The van der Waals surface area contributed by atoms with Crippen LogP contribution < -0.4 is 0 Å². The number of hydrogen-bond donors (Lipinski definition) is 0. The van der Waals surface area contributed by atoms with Crippen molar-refractivity contribution >= 4 is 5.91 Å². The molecule has 1 amide bonds. The van der Waals surface area contributed by atoms with E-state index in [1.54, 1.807) is 0 Å². The number of carbonyl (C=O) groups excluding carboxylic acids is 1. The van der Waals surface area contributed by atoms with Gasteiger partial charge in [-0.15, -0.1) is 0 Å². The van der Waals surface area contributed by atoms with Gasteiger partial charge >= 0.3 is 0 Å². The SMILES string of the molecule is CN(C)C[C@@H]1CN(C(=O)CC2Cc3ccccc3C2)Cc2cncn21. The van der Waals surface area contributed by atoms with Gasteiger partial charge in [0.1, 0.15) is 0 Å². The molecule has 1 aromatic carbocycles. The molecule has 2 aromatic rings. The van der Waals surface area contributed by atoms with Crippen LogP contribution in [0.1, 0.15) is 29.3 Å². The van der Waals surface area contributed by atoms with E-state index in [1.807, 2.05) is 17.4 Å². The number of fused-ring (bicyclic) bond motifs is 2. The molecule has 1 aliphatic carbocycles. The van der Waals surface area contributed by atoms with E-state index in [0.29, 0.717) is 18.9 Å². The molecule has 1 aliphatic heterocycles. The Labute approximate surface area is 149 Å². The van der Waals surface area contributed by atoms with Gasteiger partial charge in [-0.25, -0.2) is 4.98 Å². The third kappa shape index (κ3) is 3.33. The normalized spacial score (nSPS) is 20.0. The number of nitrogens with zero attached hydrogens (tertiary/aromatic N) is 4. The van der Waals surface area contributed by atoms with Gasteiger partial charge in [0.15, 0.2) is 0 Å². The van der Waals surface area contributed by atoms with Crippen molar-refractivity contribution < 1.29 is 4.79 Å². The van der Waals surface area contributed by atoms with Gasteiger partial charge in [0.2, 0.25) is 5.91 Å². The van der Waals surface area contributed by atoms with Crippen LogP contribution in [0.2, 0.25) is 0 Å². The number of likely N-dealkylation sites (N-methyl/N-ethyl adjacent to an activating group) is 1. The van der Waals surface area contributed by atoms with Gasteiger partial charge < -0.3 is 14.4 Å². The summed E-state index contributed by atoms with van der Waals surface area (Å²) in [6, 6.07) is 8.88. The van der Waals surface area contributed by atoms with Gasteiger partial charge in [-0.2, -0.15) is 0 Å². The Morgan fingerprint density at radius 3 is 2.64 bits per heavy atom. The Morgan fingerprint density at radius 2 is 1.96 bits per heavy atom. The maximum Gasteiger partial charge on any atom is 0.223 e. The Hall–Kier alpha value is -2.14. The molecule has 0 saturated heterocycles. The van der Waals surface area contributed by atoms with Crippen LogP contribution in [0, 0.1) is 5.92 Å². The minimum Gasteiger partial charge on any atom is -0.335 e. The molecular formula is C20H26N4O. The first-order chi connectivity index (χ1) is 12.1. The summed E-state index contributed by atoms with van der Waals surface area (Å²) in [7, 11) is 4.15. The van der Waals surface area contributed by atoms with Crippen molar-refractivity contribution in [3.8, 4) is 0 Å². The van der Waals surface area contributed by atoms with E-state index in [2.05, 4.69) is 52.8 Å². The number of carbonyl (C=O) groups is 1. The van der Waals surface area contributed by atoms with Crippen LogP contribution in [0.15, 0.2) is 36.8 Å². The maximum atomic E-state index is 13.0. The van der Waals surface area contributed by atoms with E-state index >= 15 is 0 Å². The van der Waals surface area contributed by atoms with Crippen molar-refractivity contribution in [1.82, 2.24) is 19.4 Å². The van der Waals surface area contributed by atoms with Crippen molar-refractivity contribution in [3.63, 3.8) is 0 Å². The quantitative estimate of drug-likeness (QED) is 0.858. The lowest BCUT2D eigenvalue weighted by molar-refractivity contribution is -0.134. The third-order valence-electron chi connectivity index (χ3n) is 5.45. The molecule has 2 heterocycles. The highest BCUT2D eigenvalue weighted by Crippen LogP contribution is 2.30. The highest BCUT2D eigenvalue weighted by Gasteiger charge is 2.31. The number of benzene rings is 1. The maximum absolute atomic E-state index is 13.0. The van der Waals surface area contributed by atoms with Crippen molar-refractivity contribution in [1.29, 1.82) is 0 Å². The molecule has 0 N–H and O–H groups in total. The zero-order chi connectivity index (χ0) is 17.4. The fourth-order valence-electron chi connectivity index (χ4n) is 4.31. The lowest BCUT2D eigenvalue weighted by Gasteiger charge is -2.36. The van der Waals surface area contributed by atoms with Crippen LogP contribution in [0.5, 0.6) is 0 Å². The molecular weight excluding hydrogens is 312 g/mol. The minimum atomic E-state index is 0.283. The molecule has 0 fully saturated rings. The topological polar surface area (TPSA) is 41.4 Å². The molecule has 0 saturated carbocycles. The molecule has 1 atom stereocenters. The first-order valence-electron chi connectivity index (χ1n) is 9.10. The van der Waals surface area contributed by atoms with Crippen LogP contribution in [-0.2, 0) is 24.2 Å². The average molecular weight is 338 g/mol. The molecule has 25 heavy (non-hydrogen) atoms. The molecule has 1 aromatic heterocycles. The van der Waals surface area contributed by atoms with Crippen molar-refractivity contribution in [2.75, 3.05) is 27.2 Å². The molecule has 5 nitrogen and oxygen atoms in total. The smallest absolute Gasteiger partial charge is 0.223 e. The van der Waals surface area contributed by atoms with Gasteiger partial charge in [-0.3, -0.25) is 4.79 Å². The monoisotopic (exact) mass is 338 g/mol. The summed E-state index contributed by atoms with van der Waals surface area (Å²) in [6.45, 7) is 2.38. The minimum absolute atomic E-state index is 0.283. The number of aromatic nitrogens is 2. The summed E-state index contributed by atoms with van der Waals surface area (Å²) < 4.78 is 2.23. The van der Waals surface area contributed by atoms with Crippen LogP contribution >= 0.6 is 0 Å². The molecule has 2 aliphatic rings. The Morgan fingerprint density at radius 1 is 1.24 bits per heavy atom. The molecule has 0 spiro atoms.